The second-order valence-electron chi connectivity index (χ2n) is 9.76. The number of aryl methyl sites for hydroxylation is 1. The lowest BCUT2D eigenvalue weighted by atomic mass is 9.48. The highest BCUT2D eigenvalue weighted by Crippen LogP contribution is 2.61. The molecule has 2 aromatic rings. The smallest absolute Gasteiger partial charge is 0.336 e. The van der Waals surface area contributed by atoms with Crippen LogP contribution in [0.2, 0.25) is 0 Å². The summed E-state index contributed by atoms with van der Waals surface area (Å²) in [5, 5.41) is 4.10. The average molecular weight is 395 g/mol. The highest BCUT2D eigenvalue weighted by Gasteiger charge is 2.53. The third-order valence-corrected chi connectivity index (χ3v) is 7.67. The number of benzene rings is 1. The summed E-state index contributed by atoms with van der Waals surface area (Å²) in [6.07, 6.45) is 8.01. The second kappa shape index (κ2) is 6.89. The summed E-state index contributed by atoms with van der Waals surface area (Å²) in [5.74, 6) is 3.05. The van der Waals surface area contributed by atoms with Crippen molar-refractivity contribution in [1.29, 1.82) is 0 Å². The van der Waals surface area contributed by atoms with Crippen LogP contribution in [-0.4, -0.2) is 18.6 Å². The molecule has 1 aromatic heterocycles. The minimum absolute atomic E-state index is 0.0295. The van der Waals surface area contributed by atoms with Crippen LogP contribution in [0.5, 0.6) is 5.75 Å². The molecule has 1 amide bonds. The van der Waals surface area contributed by atoms with Gasteiger partial charge in [0.15, 0.2) is 6.61 Å². The Labute approximate surface area is 170 Å². The van der Waals surface area contributed by atoms with Gasteiger partial charge in [0.25, 0.3) is 5.91 Å². The maximum absolute atomic E-state index is 12.6. The van der Waals surface area contributed by atoms with E-state index in [0.717, 1.165) is 28.7 Å². The molecule has 154 valence electrons. The van der Waals surface area contributed by atoms with Crippen LogP contribution in [0.4, 0.5) is 0 Å². The average Bonchev–Trinajstić information content (AvgIpc) is 2.65. The van der Waals surface area contributed by atoms with E-state index < -0.39 is 0 Å². The van der Waals surface area contributed by atoms with E-state index in [0.29, 0.717) is 11.3 Å². The van der Waals surface area contributed by atoms with Gasteiger partial charge in [-0.25, -0.2) is 4.79 Å². The minimum atomic E-state index is -0.380. The normalized spacial score (nSPS) is 31.0. The number of carbonyl (C=O) groups is 1. The van der Waals surface area contributed by atoms with Crippen molar-refractivity contribution in [3.63, 3.8) is 0 Å². The van der Waals surface area contributed by atoms with Gasteiger partial charge >= 0.3 is 5.63 Å². The molecule has 1 unspecified atom stereocenters. The van der Waals surface area contributed by atoms with Gasteiger partial charge in [0.2, 0.25) is 0 Å². The lowest BCUT2D eigenvalue weighted by Gasteiger charge is -2.59. The standard InChI is InChI=1S/C24H29NO4/c1-14-5-23(27)29-21-9-19(3-4-20(14)21)28-13-22(26)25-15(2)24-10-16-6-17(11-24)8-18(7-16)12-24/h3-5,9,15-18H,6-8,10-13H2,1-2H3,(H,25,26). The third-order valence-electron chi connectivity index (χ3n) is 7.67. The van der Waals surface area contributed by atoms with Gasteiger partial charge in [0.1, 0.15) is 11.3 Å². The molecule has 5 heteroatoms. The lowest BCUT2D eigenvalue weighted by Crippen LogP contribution is -2.56. The Kier molecular flexibility index (Phi) is 4.45. The Bertz CT molecular complexity index is 972. The van der Waals surface area contributed by atoms with Crippen LogP contribution in [-0.2, 0) is 4.79 Å². The summed E-state index contributed by atoms with van der Waals surface area (Å²) < 4.78 is 11.0. The van der Waals surface area contributed by atoms with Crippen LogP contribution in [0.1, 0.15) is 51.0 Å². The van der Waals surface area contributed by atoms with Crippen molar-refractivity contribution in [3.05, 3.63) is 40.2 Å². The number of amides is 1. The van der Waals surface area contributed by atoms with Crippen molar-refractivity contribution < 1.29 is 13.9 Å². The van der Waals surface area contributed by atoms with E-state index >= 15 is 0 Å². The first-order valence-electron chi connectivity index (χ1n) is 10.9. The van der Waals surface area contributed by atoms with Crippen molar-refractivity contribution >= 4 is 16.9 Å². The highest BCUT2D eigenvalue weighted by molar-refractivity contribution is 5.81. The first kappa shape index (κ1) is 18.7. The molecule has 4 aliphatic carbocycles. The van der Waals surface area contributed by atoms with Gasteiger partial charge < -0.3 is 14.5 Å². The zero-order chi connectivity index (χ0) is 20.2. The van der Waals surface area contributed by atoms with E-state index in [-0.39, 0.29) is 29.6 Å². The van der Waals surface area contributed by atoms with Crippen LogP contribution < -0.4 is 15.7 Å². The van der Waals surface area contributed by atoms with E-state index in [4.69, 9.17) is 9.15 Å². The number of ether oxygens (including phenoxy) is 1. The predicted octanol–water partition coefficient (Wildman–Crippen LogP) is 4.20. The fourth-order valence-corrected chi connectivity index (χ4v) is 6.69. The SMILES string of the molecule is Cc1cc(=O)oc2cc(OCC(=O)NC(C)C34CC5CC(CC(C5)C3)C4)ccc12. The van der Waals surface area contributed by atoms with Crippen LogP contribution in [0.3, 0.4) is 0 Å². The Morgan fingerprint density at radius 1 is 1.17 bits per heavy atom. The van der Waals surface area contributed by atoms with Crippen molar-refractivity contribution in [2.24, 2.45) is 23.2 Å². The molecule has 6 rings (SSSR count). The summed E-state index contributed by atoms with van der Waals surface area (Å²) in [5.41, 5.74) is 1.25. The van der Waals surface area contributed by atoms with Crippen molar-refractivity contribution in [3.8, 4) is 5.75 Å². The van der Waals surface area contributed by atoms with Gasteiger partial charge in [-0.15, -0.1) is 0 Å². The second-order valence-corrected chi connectivity index (χ2v) is 9.76. The summed E-state index contributed by atoms with van der Waals surface area (Å²) in [7, 11) is 0. The first-order chi connectivity index (χ1) is 13.9. The van der Waals surface area contributed by atoms with Crippen LogP contribution in [0.15, 0.2) is 33.5 Å². The Balaban J connectivity index is 1.22. The van der Waals surface area contributed by atoms with E-state index in [2.05, 4.69) is 12.2 Å². The predicted molar refractivity (Wildman–Crippen MR) is 111 cm³/mol. The lowest BCUT2D eigenvalue weighted by molar-refractivity contribution is -0.127. The monoisotopic (exact) mass is 395 g/mol. The molecule has 4 saturated carbocycles. The van der Waals surface area contributed by atoms with Crippen molar-refractivity contribution in [2.45, 2.75) is 58.4 Å². The quantitative estimate of drug-likeness (QED) is 0.771. The number of carbonyl (C=O) groups excluding carboxylic acids is 1. The summed E-state index contributed by atoms with van der Waals surface area (Å²) >= 11 is 0. The molecule has 4 bridgehead atoms. The third kappa shape index (κ3) is 3.45. The van der Waals surface area contributed by atoms with Gasteiger partial charge in [0, 0.05) is 23.6 Å². The molecular weight excluding hydrogens is 366 g/mol. The van der Waals surface area contributed by atoms with Crippen molar-refractivity contribution in [1.82, 2.24) is 5.32 Å². The number of hydrogen-bond donors (Lipinski definition) is 1. The van der Waals surface area contributed by atoms with E-state index in [1.165, 1.54) is 44.6 Å². The summed E-state index contributed by atoms with van der Waals surface area (Å²) in [6, 6.07) is 7.01. The molecule has 1 N–H and O–H groups in total. The molecule has 5 nitrogen and oxygen atoms in total. The Morgan fingerprint density at radius 2 is 1.83 bits per heavy atom. The maximum Gasteiger partial charge on any atom is 0.336 e. The molecule has 0 radical (unpaired) electrons. The molecule has 0 spiro atoms. The molecule has 4 fully saturated rings. The molecule has 4 aliphatic rings. The number of rotatable bonds is 5. The number of hydrogen-bond acceptors (Lipinski definition) is 4. The molecular formula is C24H29NO4. The Hall–Kier alpha value is -2.30. The van der Waals surface area contributed by atoms with E-state index in [9.17, 15) is 9.59 Å². The number of fused-ring (bicyclic) bond motifs is 1. The largest absolute Gasteiger partial charge is 0.484 e. The molecule has 1 heterocycles. The van der Waals surface area contributed by atoms with Gasteiger partial charge in [-0.1, -0.05) is 0 Å². The Morgan fingerprint density at radius 3 is 2.48 bits per heavy atom. The molecule has 29 heavy (non-hydrogen) atoms. The zero-order valence-corrected chi connectivity index (χ0v) is 17.2. The fourth-order valence-electron chi connectivity index (χ4n) is 6.69. The van der Waals surface area contributed by atoms with Crippen LogP contribution in [0.25, 0.3) is 11.0 Å². The molecule has 0 aliphatic heterocycles. The number of nitrogens with one attached hydrogen (secondary N) is 1. The van der Waals surface area contributed by atoms with Crippen LogP contribution in [0, 0.1) is 30.1 Å². The van der Waals surface area contributed by atoms with E-state index in [1.54, 1.807) is 6.07 Å². The minimum Gasteiger partial charge on any atom is -0.484 e. The van der Waals surface area contributed by atoms with Gasteiger partial charge in [-0.2, -0.15) is 0 Å². The first-order valence-corrected chi connectivity index (χ1v) is 10.9. The van der Waals surface area contributed by atoms with E-state index in [1.807, 2.05) is 19.1 Å². The topological polar surface area (TPSA) is 68.5 Å². The fraction of sp³-hybridized carbons (Fsp3) is 0.583. The molecule has 1 aromatic carbocycles. The molecule has 0 saturated heterocycles. The highest BCUT2D eigenvalue weighted by atomic mass is 16.5. The van der Waals surface area contributed by atoms with Gasteiger partial charge in [0.05, 0.1) is 0 Å². The van der Waals surface area contributed by atoms with Gasteiger partial charge in [-0.05, 0) is 93.2 Å². The molecule has 1 atom stereocenters. The van der Waals surface area contributed by atoms with Gasteiger partial charge in [-0.3, -0.25) is 4.79 Å². The maximum atomic E-state index is 12.6. The van der Waals surface area contributed by atoms with Crippen molar-refractivity contribution in [2.75, 3.05) is 6.61 Å². The summed E-state index contributed by atoms with van der Waals surface area (Å²) in [6.45, 7) is 4.02. The van der Waals surface area contributed by atoms with Crippen LogP contribution >= 0.6 is 0 Å². The zero-order valence-electron chi connectivity index (χ0n) is 17.2. The summed E-state index contributed by atoms with van der Waals surface area (Å²) in [4.78, 5) is 24.2.